The molecule has 4 rings (SSSR count). The highest BCUT2D eigenvalue weighted by Crippen LogP contribution is 2.37. The maximum absolute atomic E-state index is 13.0. The normalized spacial score (nSPS) is 19.4. The number of hydrogen-bond donors (Lipinski definition) is 2. The van der Waals surface area contributed by atoms with E-state index in [0.717, 1.165) is 4.90 Å². The number of halogens is 1. The number of urea groups is 1. The third-order valence-electron chi connectivity index (χ3n) is 4.90. The third-order valence-corrected chi connectivity index (χ3v) is 5.21. The van der Waals surface area contributed by atoms with Crippen LogP contribution in [-0.4, -0.2) is 36.1 Å². The Labute approximate surface area is 176 Å². The highest BCUT2D eigenvalue weighted by atomic mass is 35.5. The molecule has 2 heterocycles. The summed E-state index contributed by atoms with van der Waals surface area (Å²) >= 11 is 5.95. The molecule has 0 aromatic heterocycles. The molecule has 2 aromatic rings. The predicted octanol–water partition coefficient (Wildman–Crippen LogP) is 2.35. The lowest BCUT2D eigenvalue weighted by atomic mass is 9.91. The molecular formula is C20H15ClN4O5. The number of nitrogens with zero attached hydrogens (tertiary/aromatic N) is 2. The van der Waals surface area contributed by atoms with Gasteiger partial charge in [-0.25, -0.2) is 4.79 Å². The van der Waals surface area contributed by atoms with Crippen molar-refractivity contribution in [3.8, 4) is 17.6 Å². The molecule has 0 saturated carbocycles. The summed E-state index contributed by atoms with van der Waals surface area (Å²) in [6.45, 7) is 1.16. The number of carbonyl (C=O) groups is 3. The van der Waals surface area contributed by atoms with Crippen molar-refractivity contribution in [2.24, 2.45) is 0 Å². The van der Waals surface area contributed by atoms with Crippen LogP contribution in [0.15, 0.2) is 36.4 Å². The monoisotopic (exact) mass is 426 g/mol. The molecule has 9 nitrogen and oxygen atoms in total. The van der Waals surface area contributed by atoms with Crippen molar-refractivity contribution in [2.75, 3.05) is 18.7 Å². The Morgan fingerprint density at radius 1 is 1.27 bits per heavy atom. The Morgan fingerprint density at radius 3 is 2.77 bits per heavy atom. The minimum Gasteiger partial charge on any atom is -0.454 e. The summed E-state index contributed by atoms with van der Waals surface area (Å²) in [7, 11) is 0. The molecule has 0 spiro atoms. The van der Waals surface area contributed by atoms with E-state index in [0.29, 0.717) is 22.7 Å². The number of anilines is 1. The molecule has 2 N–H and O–H groups in total. The number of nitrogens with one attached hydrogen (secondary N) is 2. The summed E-state index contributed by atoms with van der Waals surface area (Å²) in [6, 6.07) is 10.6. The molecule has 1 saturated heterocycles. The van der Waals surface area contributed by atoms with E-state index >= 15 is 0 Å². The Bertz CT molecular complexity index is 1130. The van der Waals surface area contributed by atoms with Gasteiger partial charge in [-0.15, -0.1) is 0 Å². The number of amides is 4. The molecule has 2 aliphatic heterocycles. The molecule has 30 heavy (non-hydrogen) atoms. The standard InChI is InChI=1S/C20H15ClN4O5/c1-20(12-3-5-15-16(6-12)30-10-29-15)18(27)25(19(28)24-20)9-17(26)23-13-4-2-11(8-22)14(21)7-13/h2-7H,9-10H2,1H3,(H,23,26)(H,24,28)/t20-/m1/s1. The SMILES string of the molecule is C[C@]1(c2ccc3c(c2)OCO3)NC(=O)N(CC(=O)Nc2ccc(C#N)c(Cl)c2)C1=O. The zero-order valence-electron chi connectivity index (χ0n) is 15.7. The number of benzene rings is 2. The van der Waals surface area contributed by atoms with E-state index in [9.17, 15) is 14.4 Å². The van der Waals surface area contributed by atoms with Crippen LogP contribution < -0.4 is 20.1 Å². The van der Waals surface area contributed by atoms with Crippen LogP contribution in [0.25, 0.3) is 0 Å². The lowest BCUT2D eigenvalue weighted by Crippen LogP contribution is -2.42. The number of rotatable bonds is 4. The molecule has 1 fully saturated rings. The number of fused-ring (bicyclic) bond motifs is 1. The number of carbonyl (C=O) groups excluding carboxylic acids is 3. The first kappa shape index (κ1) is 19.5. The summed E-state index contributed by atoms with van der Waals surface area (Å²) in [5.41, 5.74) is -0.236. The third kappa shape index (κ3) is 3.27. The summed E-state index contributed by atoms with van der Waals surface area (Å²) in [5.74, 6) is -0.130. The van der Waals surface area contributed by atoms with Crippen LogP contribution in [0.5, 0.6) is 11.5 Å². The van der Waals surface area contributed by atoms with Crippen LogP contribution in [0.4, 0.5) is 10.5 Å². The first-order chi connectivity index (χ1) is 14.3. The van der Waals surface area contributed by atoms with E-state index in [2.05, 4.69) is 10.6 Å². The molecule has 0 bridgehead atoms. The fourth-order valence-electron chi connectivity index (χ4n) is 3.27. The average Bonchev–Trinajstić information content (AvgIpc) is 3.26. The van der Waals surface area contributed by atoms with Gasteiger partial charge in [0, 0.05) is 5.69 Å². The largest absolute Gasteiger partial charge is 0.454 e. The average molecular weight is 427 g/mol. The van der Waals surface area contributed by atoms with Crippen LogP contribution in [-0.2, 0) is 15.1 Å². The van der Waals surface area contributed by atoms with Gasteiger partial charge in [-0.05, 0) is 42.8 Å². The van der Waals surface area contributed by atoms with E-state index < -0.39 is 29.9 Å². The van der Waals surface area contributed by atoms with Gasteiger partial charge in [0.05, 0.1) is 10.6 Å². The van der Waals surface area contributed by atoms with Crippen LogP contribution in [0.1, 0.15) is 18.1 Å². The lowest BCUT2D eigenvalue weighted by Gasteiger charge is -2.22. The predicted molar refractivity (Wildman–Crippen MR) is 105 cm³/mol. The van der Waals surface area contributed by atoms with Gasteiger partial charge < -0.3 is 20.1 Å². The van der Waals surface area contributed by atoms with Crippen molar-refractivity contribution < 1.29 is 23.9 Å². The zero-order chi connectivity index (χ0) is 21.5. The van der Waals surface area contributed by atoms with E-state index in [4.69, 9.17) is 26.3 Å². The number of nitriles is 1. The van der Waals surface area contributed by atoms with Crippen molar-refractivity contribution in [1.82, 2.24) is 10.2 Å². The lowest BCUT2D eigenvalue weighted by molar-refractivity contribution is -0.133. The number of imide groups is 1. The molecule has 10 heteroatoms. The van der Waals surface area contributed by atoms with Gasteiger partial charge in [-0.3, -0.25) is 14.5 Å². The van der Waals surface area contributed by atoms with Gasteiger partial charge in [-0.2, -0.15) is 5.26 Å². The van der Waals surface area contributed by atoms with Gasteiger partial charge in [-0.1, -0.05) is 17.7 Å². The molecule has 0 aliphatic carbocycles. The first-order valence-corrected chi connectivity index (χ1v) is 9.23. The highest BCUT2D eigenvalue weighted by Gasteiger charge is 2.49. The Morgan fingerprint density at radius 2 is 2.03 bits per heavy atom. The van der Waals surface area contributed by atoms with Crippen molar-refractivity contribution in [3.05, 3.63) is 52.5 Å². The van der Waals surface area contributed by atoms with Crippen molar-refractivity contribution in [2.45, 2.75) is 12.5 Å². The molecular weight excluding hydrogens is 412 g/mol. The van der Waals surface area contributed by atoms with E-state index in [1.54, 1.807) is 25.1 Å². The van der Waals surface area contributed by atoms with Gasteiger partial charge in [0.25, 0.3) is 5.91 Å². The van der Waals surface area contributed by atoms with Crippen LogP contribution in [0.3, 0.4) is 0 Å². The minimum absolute atomic E-state index is 0.0848. The number of ether oxygens (including phenoxy) is 2. The molecule has 0 unspecified atom stereocenters. The second kappa shape index (κ2) is 7.24. The fourth-order valence-corrected chi connectivity index (χ4v) is 3.49. The van der Waals surface area contributed by atoms with E-state index in [1.165, 1.54) is 18.2 Å². The van der Waals surface area contributed by atoms with E-state index in [-0.39, 0.29) is 17.4 Å². The smallest absolute Gasteiger partial charge is 0.325 e. The topological polar surface area (TPSA) is 121 Å². The Hall–Kier alpha value is -3.77. The number of hydrogen-bond acceptors (Lipinski definition) is 6. The van der Waals surface area contributed by atoms with Gasteiger partial charge in [0.1, 0.15) is 18.2 Å². The first-order valence-electron chi connectivity index (χ1n) is 8.85. The molecule has 4 amide bonds. The van der Waals surface area contributed by atoms with Crippen molar-refractivity contribution in [1.29, 1.82) is 5.26 Å². The molecule has 152 valence electrons. The second-order valence-electron chi connectivity index (χ2n) is 6.87. The van der Waals surface area contributed by atoms with Crippen LogP contribution >= 0.6 is 11.6 Å². The maximum Gasteiger partial charge on any atom is 0.325 e. The molecule has 2 aliphatic rings. The van der Waals surface area contributed by atoms with Crippen molar-refractivity contribution >= 4 is 35.1 Å². The van der Waals surface area contributed by atoms with Gasteiger partial charge in [0.15, 0.2) is 11.5 Å². The second-order valence-corrected chi connectivity index (χ2v) is 7.28. The zero-order valence-corrected chi connectivity index (χ0v) is 16.4. The Kier molecular flexibility index (Phi) is 4.72. The minimum atomic E-state index is -1.35. The fraction of sp³-hybridized carbons (Fsp3) is 0.200. The van der Waals surface area contributed by atoms with Crippen molar-refractivity contribution in [3.63, 3.8) is 0 Å². The van der Waals surface area contributed by atoms with Crippen LogP contribution in [0, 0.1) is 11.3 Å². The maximum atomic E-state index is 13.0. The van der Waals surface area contributed by atoms with Gasteiger partial charge >= 0.3 is 6.03 Å². The van der Waals surface area contributed by atoms with E-state index in [1.807, 2.05) is 6.07 Å². The molecule has 2 aromatic carbocycles. The van der Waals surface area contributed by atoms with Crippen LogP contribution in [0.2, 0.25) is 5.02 Å². The quantitative estimate of drug-likeness (QED) is 0.724. The van der Waals surface area contributed by atoms with Gasteiger partial charge in [0.2, 0.25) is 12.7 Å². The summed E-state index contributed by atoms with van der Waals surface area (Å²) in [5, 5.41) is 14.3. The Balaban J connectivity index is 1.49. The molecule has 0 radical (unpaired) electrons. The highest BCUT2D eigenvalue weighted by molar-refractivity contribution is 6.32. The molecule has 1 atom stereocenters. The summed E-state index contributed by atoms with van der Waals surface area (Å²) in [6.07, 6.45) is 0. The summed E-state index contributed by atoms with van der Waals surface area (Å²) in [4.78, 5) is 38.7. The summed E-state index contributed by atoms with van der Waals surface area (Å²) < 4.78 is 10.6.